The SMILES string of the molecule is O=C(Nc1ccccc1)Nc1cc(CN2C(=O)N(c3ccc(SC(F)(F)F)cc3)C(=O)C23CC3)ccn1. The molecule has 2 heterocycles. The number of para-hydroxylation sites is 1. The Kier molecular flexibility index (Phi) is 6.28. The molecule has 1 aliphatic heterocycles. The molecule has 0 unspecified atom stereocenters. The van der Waals surface area contributed by atoms with E-state index in [-0.39, 0.29) is 34.7 Å². The van der Waals surface area contributed by atoms with E-state index in [1.807, 2.05) is 6.07 Å². The molecule has 5 rings (SSSR count). The number of aromatic nitrogens is 1. The van der Waals surface area contributed by atoms with E-state index in [0.717, 1.165) is 4.90 Å². The highest BCUT2D eigenvalue weighted by Gasteiger charge is 2.65. The van der Waals surface area contributed by atoms with Crippen LogP contribution in [0.2, 0.25) is 0 Å². The van der Waals surface area contributed by atoms with Crippen LogP contribution in [0.5, 0.6) is 0 Å². The van der Waals surface area contributed by atoms with Gasteiger partial charge in [0, 0.05) is 23.3 Å². The second-order valence-electron chi connectivity index (χ2n) is 8.58. The Bertz CT molecular complexity index is 1350. The maximum absolute atomic E-state index is 13.3. The number of halogens is 3. The van der Waals surface area contributed by atoms with Crippen molar-refractivity contribution in [1.29, 1.82) is 0 Å². The van der Waals surface area contributed by atoms with E-state index in [0.29, 0.717) is 24.1 Å². The quantitative estimate of drug-likeness (QED) is 0.310. The Morgan fingerprint density at radius 2 is 1.70 bits per heavy atom. The summed E-state index contributed by atoms with van der Waals surface area (Å²) in [4.78, 5) is 45.4. The largest absolute Gasteiger partial charge is 0.446 e. The lowest BCUT2D eigenvalue weighted by molar-refractivity contribution is -0.120. The van der Waals surface area contributed by atoms with Crippen molar-refractivity contribution in [2.75, 3.05) is 15.5 Å². The predicted molar refractivity (Wildman–Crippen MR) is 132 cm³/mol. The predicted octanol–water partition coefficient (Wildman–Crippen LogP) is 5.84. The number of anilines is 3. The number of nitrogens with zero attached hydrogens (tertiary/aromatic N) is 3. The minimum atomic E-state index is -4.43. The van der Waals surface area contributed by atoms with Crippen molar-refractivity contribution in [3.63, 3.8) is 0 Å². The number of carbonyl (C=O) groups excluding carboxylic acids is 3. The minimum absolute atomic E-state index is 0.0403. The maximum atomic E-state index is 13.3. The van der Waals surface area contributed by atoms with Gasteiger partial charge in [0.1, 0.15) is 11.4 Å². The first-order valence-corrected chi connectivity index (χ1v) is 12.1. The third-order valence-corrected chi connectivity index (χ3v) is 6.77. The Balaban J connectivity index is 1.30. The van der Waals surface area contributed by atoms with Gasteiger partial charge in [0.2, 0.25) is 0 Å². The number of hydrogen-bond acceptors (Lipinski definition) is 5. The Labute approximate surface area is 213 Å². The van der Waals surface area contributed by atoms with Gasteiger partial charge < -0.3 is 10.2 Å². The molecule has 1 saturated carbocycles. The van der Waals surface area contributed by atoms with Crippen LogP contribution in [0.3, 0.4) is 0 Å². The lowest BCUT2D eigenvalue weighted by atomic mass is 10.2. The zero-order valence-electron chi connectivity index (χ0n) is 19.2. The Morgan fingerprint density at radius 3 is 2.35 bits per heavy atom. The number of hydrogen-bond donors (Lipinski definition) is 2. The highest BCUT2D eigenvalue weighted by Crippen LogP contribution is 2.50. The molecule has 2 fully saturated rings. The summed E-state index contributed by atoms with van der Waals surface area (Å²) in [6, 6.07) is 16.3. The van der Waals surface area contributed by atoms with Gasteiger partial charge in [0.25, 0.3) is 5.91 Å². The van der Waals surface area contributed by atoms with Crippen LogP contribution in [0.4, 0.5) is 40.0 Å². The van der Waals surface area contributed by atoms with Gasteiger partial charge >= 0.3 is 17.6 Å². The first-order chi connectivity index (χ1) is 17.6. The molecule has 2 aromatic carbocycles. The topological polar surface area (TPSA) is 94.6 Å². The Hall–Kier alpha value is -4.06. The van der Waals surface area contributed by atoms with E-state index in [1.165, 1.54) is 35.4 Å². The molecule has 190 valence electrons. The summed E-state index contributed by atoms with van der Waals surface area (Å²) in [5, 5.41) is 5.33. The summed E-state index contributed by atoms with van der Waals surface area (Å²) in [5.74, 6) is -0.133. The standard InChI is InChI=1S/C25H20F3N5O3S/c26-25(27,28)37-19-8-6-18(7-9-19)33-21(34)24(11-12-24)32(23(33)36)15-16-10-13-29-20(14-16)31-22(35)30-17-4-2-1-3-5-17/h1-10,13-14H,11-12,15H2,(H2,29,30,31,35). The number of pyridine rings is 1. The summed E-state index contributed by atoms with van der Waals surface area (Å²) in [5.41, 5.74) is -3.94. The van der Waals surface area contributed by atoms with E-state index >= 15 is 0 Å². The molecular weight excluding hydrogens is 507 g/mol. The number of rotatable bonds is 6. The third kappa shape index (κ3) is 5.24. The van der Waals surface area contributed by atoms with Gasteiger partial charge in [0.15, 0.2) is 0 Å². The molecule has 0 bridgehead atoms. The number of imide groups is 1. The molecular formula is C25H20F3N5O3S. The van der Waals surface area contributed by atoms with Crippen molar-refractivity contribution in [2.45, 2.75) is 35.3 Å². The monoisotopic (exact) mass is 527 g/mol. The molecule has 0 radical (unpaired) electrons. The average Bonchev–Trinajstić information content (AvgIpc) is 3.62. The molecule has 0 atom stereocenters. The number of benzene rings is 2. The number of urea groups is 2. The van der Waals surface area contributed by atoms with E-state index in [4.69, 9.17) is 0 Å². The fourth-order valence-electron chi connectivity index (χ4n) is 4.18. The highest BCUT2D eigenvalue weighted by molar-refractivity contribution is 8.00. The first-order valence-electron chi connectivity index (χ1n) is 11.2. The summed E-state index contributed by atoms with van der Waals surface area (Å²) in [6.45, 7) is 0.0978. The van der Waals surface area contributed by atoms with Crippen LogP contribution in [0, 0.1) is 0 Å². The molecule has 2 aliphatic rings. The van der Waals surface area contributed by atoms with Gasteiger partial charge in [-0.1, -0.05) is 18.2 Å². The molecule has 37 heavy (non-hydrogen) atoms. The molecule has 3 aromatic rings. The van der Waals surface area contributed by atoms with E-state index < -0.39 is 29.0 Å². The van der Waals surface area contributed by atoms with Crippen molar-refractivity contribution < 1.29 is 27.6 Å². The van der Waals surface area contributed by atoms with Crippen LogP contribution < -0.4 is 15.5 Å². The van der Waals surface area contributed by atoms with Crippen LogP contribution in [0.1, 0.15) is 18.4 Å². The van der Waals surface area contributed by atoms with Crippen molar-refractivity contribution in [3.8, 4) is 0 Å². The number of amides is 5. The molecule has 2 N–H and O–H groups in total. The minimum Gasteiger partial charge on any atom is -0.308 e. The molecule has 12 heteroatoms. The second-order valence-corrected chi connectivity index (χ2v) is 9.72. The summed E-state index contributed by atoms with van der Waals surface area (Å²) in [7, 11) is 0. The number of nitrogens with one attached hydrogen (secondary N) is 2. The number of carbonyl (C=O) groups is 3. The average molecular weight is 528 g/mol. The lowest BCUT2D eigenvalue weighted by Gasteiger charge is -2.21. The highest BCUT2D eigenvalue weighted by atomic mass is 32.2. The van der Waals surface area contributed by atoms with Gasteiger partial charge in [-0.05, 0) is 78.7 Å². The molecule has 1 spiro atoms. The maximum Gasteiger partial charge on any atom is 0.446 e. The summed E-state index contributed by atoms with van der Waals surface area (Å²) in [6.07, 6.45) is 2.47. The second kappa shape index (κ2) is 9.43. The zero-order chi connectivity index (χ0) is 26.2. The van der Waals surface area contributed by atoms with Crippen LogP contribution >= 0.6 is 11.8 Å². The van der Waals surface area contributed by atoms with Gasteiger partial charge in [-0.2, -0.15) is 13.2 Å². The first kappa shape index (κ1) is 24.6. The molecule has 1 aliphatic carbocycles. The fraction of sp³-hybridized carbons (Fsp3) is 0.200. The molecule has 1 aromatic heterocycles. The Morgan fingerprint density at radius 1 is 1.00 bits per heavy atom. The van der Waals surface area contributed by atoms with Crippen molar-refractivity contribution >= 4 is 46.9 Å². The zero-order valence-corrected chi connectivity index (χ0v) is 20.0. The van der Waals surface area contributed by atoms with Crippen molar-refractivity contribution in [1.82, 2.24) is 9.88 Å². The summed E-state index contributed by atoms with van der Waals surface area (Å²) >= 11 is -0.265. The molecule has 8 nitrogen and oxygen atoms in total. The van der Waals surface area contributed by atoms with Crippen LogP contribution in [0.25, 0.3) is 0 Å². The van der Waals surface area contributed by atoms with Gasteiger partial charge in [-0.15, -0.1) is 0 Å². The van der Waals surface area contributed by atoms with Gasteiger partial charge in [0.05, 0.1) is 5.69 Å². The number of alkyl halides is 3. The molecule has 5 amide bonds. The fourth-order valence-corrected chi connectivity index (χ4v) is 4.72. The lowest BCUT2D eigenvalue weighted by Crippen LogP contribution is -2.36. The van der Waals surface area contributed by atoms with Crippen LogP contribution in [-0.4, -0.2) is 38.9 Å². The summed E-state index contributed by atoms with van der Waals surface area (Å²) < 4.78 is 37.9. The number of thioether (sulfide) groups is 1. The molecule has 1 saturated heterocycles. The van der Waals surface area contributed by atoms with Crippen molar-refractivity contribution in [3.05, 3.63) is 78.5 Å². The van der Waals surface area contributed by atoms with E-state index in [2.05, 4.69) is 15.6 Å². The van der Waals surface area contributed by atoms with E-state index in [9.17, 15) is 27.6 Å². The van der Waals surface area contributed by atoms with Gasteiger partial charge in [-0.25, -0.2) is 19.5 Å². The van der Waals surface area contributed by atoms with E-state index in [1.54, 1.807) is 36.4 Å². The van der Waals surface area contributed by atoms with Crippen LogP contribution in [0.15, 0.2) is 77.8 Å². The normalized spacial score (nSPS) is 16.3. The van der Waals surface area contributed by atoms with Crippen molar-refractivity contribution in [2.24, 2.45) is 0 Å². The third-order valence-electron chi connectivity index (χ3n) is 6.03. The van der Waals surface area contributed by atoms with Crippen LogP contribution in [-0.2, 0) is 11.3 Å². The van der Waals surface area contributed by atoms with Gasteiger partial charge in [-0.3, -0.25) is 10.1 Å². The smallest absolute Gasteiger partial charge is 0.308 e.